The SMILES string of the molecule is CC(C)(C)OC(=O)NCCn1c(=O)n(-c2ccc(OCc3ccccc3)nc2OCc2ccccc2)c2cccc(Br)c21. The molecule has 0 unspecified atom stereocenters. The zero-order valence-electron chi connectivity index (χ0n) is 24.2. The summed E-state index contributed by atoms with van der Waals surface area (Å²) < 4.78 is 21.5. The minimum atomic E-state index is -0.625. The van der Waals surface area contributed by atoms with Gasteiger partial charge in [0.1, 0.15) is 24.5 Å². The zero-order chi connectivity index (χ0) is 30.4. The number of pyridine rings is 1. The minimum Gasteiger partial charge on any atom is -0.473 e. The van der Waals surface area contributed by atoms with Gasteiger partial charge in [-0.3, -0.25) is 9.13 Å². The van der Waals surface area contributed by atoms with Crippen molar-refractivity contribution in [3.8, 4) is 17.4 Å². The van der Waals surface area contributed by atoms with Crippen LogP contribution in [0.25, 0.3) is 16.7 Å². The number of nitrogens with zero attached hydrogens (tertiary/aromatic N) is 3. The molecule has 0 aliphatic carbocycles. The average molecular weight is 646 g/mol. The molecule has 2 aromatic heterocycles. The van der Waals surface area contributed by atoms with Crippen molar-refractivity contribution in [3.63, 3.8) is 0 Å². The summed E-state index contributed by atoms with van der Waals surface area (Å²) in [4.78, 5) is 30.9. The van der Waals surface area contributed by atoms with E-state index in [0.717, 1.165) is 15.6 Å². The van der Waals surface area contributed by atoms with E-state index in [1.54, 1.807) is 42.0 Å². The van der Waals surface area contributed by atoms with E-state index in [0.29, 0.717) is 29.2 Å². The molecule has 0 aliphatic heterocycles. The quantitative estimate of drug-likeness (QED) is 0.183. The van der Waals surface area contributed by atoms with Gasteiger partial charge in [0, 0.05) is 23.6 Å². The second kappa shape index (κ2) is 13.2. The van der Waals surface area contributed by atoms with Crippen LogP contribution in [0.3, 0.4) is 0 Å². The molecule has 2 heterocycles. The van der Waals surface area contributed by atoms with Crippen LogP contribution < -0.4 is 20.5 Å². The van der Waals surface area contributed by atoms with Crippen LogP contribution >= 0.6 is 15.9 Å². The van der Waals surface area contributed by atoms with Crippen LogP contribution in [0.5, 0.6) is 11.8 Å². The van der Waals surface area contributed by atoms with Crippen LogP contribution in [0.1, 0.15) is 31.9 Å². The first-order chi connectivity index (χ1) is 20.7. The van der Waals surface area contributed by atoms with Crippen molar-refractivity contribution >= 4 is 33.1 Å². The van der Waals surface area contributed by atoms with Gasteiger partial charge in [-0.25, -0.2) is 9.59 Å². The summed E-state index contributed by atoms with van der Waals surface area (Å²) in [5.41, 5.74) is 2.82. The Balaban J connectivity index is 1.50. The van der Waals surface area contributed by atoms with E-state index in [4.69, 9.17) is 14.2 Å². The highest BCUT2D eigenvalue weighted by Crippen LogP contribution is 2.30. The van der Waals surface area contributed by atoms with Crippen molar-refractivity contribution in [2.45, 2.75) is 46.1 Å². The van der Waals surface area contributed by atoms with Crippen molar-refractivity contribution < 1.29 is 19.0 Å². The van der Waals surface area contributed by atoms with Gasteiger partial charge in [-0.05, 0) is 66.0 Å². The lowest BCUT2D eigenvalue weighted by Crippen LogP contribution is -2.35. The Hall–Kier alpha value is -4.57. The molecule has 0 spiro atoms. The molecule has 0 bridgehead atoms. The second-order valence-corrected chi connectivity index (χ2v) is 11.7. The monoisotopic (exact) mass is 644 g/mol. The highest BCUT2D eigenvalue weighted by atomic mass is 79.9. The number of alkyl carbamates (subject to hydrolysis) is 1. The van der Waals surface area contributed by atoms with Gasteiger partial charge < -0.3 is 19.5 Å². The van der Waals surface area contributed by atoms with Crippen molar-refractivity contribution in [1.29, 1.82) is 0 Å². The fourth-order valence-corrected chi connectivity index (χ4v) is 5.10. The lowest BCUT2D eigenvalue weighted by molar-refractivity contribution is 0.0526. The van der Waals surface area contributed by atoms with E-state index in [-0.39, 0.29) is 31.3 Å². The Morgan fingerprint density at radius 1 is 0.860 bits per heavy atom. The van der Waals surface area contributed by atoms with Crippen molar-refractivity contribution in [3.05, 3.63) is 117 Å². The number of hydrogen-bond donors (Lipinski definition) is 1. The number of ether oxygens (including phenoxy) is 3. The number of imidazole rings is 1. The number of nitrogens with one attached hydrogen (secondary N) is 1. The Morgan fingerprint density at radius 2 is 1.51 bits per heavy atom. The maximum Gasteiger partial charge on any atom is 0.407 e. The summed E-state index contributed by atoms with van der Waals surface area (Å²) >= 11 is 3.61. The van der Waals surface area contributed by atoms with E-state index >= 15 is 0 Å². The predicted octanol–water partition coefficient (Wildman–Crippen LogP) is 6.63. The third-order valence-corrected chi connectivity index (χ3v) is 7.05. The lowest BCUT2D eigenvalue weighted by Gasteiger charge is -2.19. The molecule has 1 N–H and O–H groups in total. The molecule has 5 aromatic rings. The number of carbonyl (C=O) groups is 1. The first kappa shape index (κ1) is 29.9. The summed E-state index contributed by atoms with van der Waals surface area (Å²) in [6.45, 7) is 6.39. The molecular weight excluding hydrogens is 612 g/mol. The molecule has 0 aliphatic rings. The highest BCUT2D eigenvalue weighted by molar-refractivity contribution is 9.10. The summed E-state index contributed by atoms with van der Waals surface area (Å²) in [6, 6.07) is 28.6. The largest absolute Gasteiger partial charge is 0.473 e. The molecule has 9 nitrogen and oxygen atoms in total. The van der Waals surface area contributed by atoms with Gasteiger partial charge in [0.25, 0.3) is 0 Å². The summed E-state index contributed by atoms with van der Waals surface area (Å²) in [7, 11) is 0. The maximum absolute atomic E-state index is 14.0. The molecule has 43 heavy (non-hydrogen) atoms. The molecule has 0 fully saturated rings. The highest BCUT2D eigenvalue weighted by Gasteiger charge is 2.22. The molecule has 0 atom stereocenters. The number of halogens is 1. The van der Waals surface area contributed by atoms with E-state index in [2.05, 4.69) is 26.2 Å². The van der Waals surface area contributed by atoms with Gasteiger partial charge in [0.15, 0.2) is 0 Å². The molecule has 3 aromatic carbocycles. The third kappa shape index (κ3) is 7.45. The van der Waals surface area contributed by atoms with Gasteiger partial charge in [-0.2, -0.15) is 4.98 Å². The Labute approximate surface area is 258 Å². The van der Waals surface area contributed by atoms with Crippen LogP contribution in [0.4, 0.5) is 4.79 Å². The number of amides is 1. The predicted molar refractivity (Wildman–Crippen MR) is 169 cm³/mol. The zero-order valence-corrected chi connectivity index (χ0v) is 25.8. The number of rotatable bonds is 10. The molecule has 0 saturated carbocycles. The molecule has 222 valence electrons. The van der Waals surface area contributed by atoms with E-state index in [1.807, 2.05) is 78.9 Å². The third-order valence-electron chi connectivity index (χ3n) is 6.41. The Kier molecular flexibility index (Phi) is 9.16. The molecule has 0 saturated heterocycles. The van der Waals surface area contributed by atoms with Crippen LogP contribution in [0, 0.1) is 0 Å². The topological polar surface area (TPSA) is 96.6 Å². The Bertz CT molecular complexity index is 1760. The minimum absolute atomic E-state index is 0.192. The first-order valence-electron chi connectivity index (χ1n) is 13.9. The molecule has 1 amide bonds. The van der Waals surface area contributed by atoms with Crippen LogP contribution in [-0.2, 0) is 24.5 Å². The second-order valence-electron chi connectivity index (χ2n) is 10.8. The van der Waals surface area contributed by atoms with Gasteiger partial charge in [-0.15, -0.1) is 0 Å². The van der Waals surface area contributed by atoms with E-state index in [1.165, 1.54) is 0 Å². The summed E-state index contributed by atoms with van der Waals surface area (Å²) in [5, 5.41) is 2.73. The standard InChI is InChI=1S/C33H33BrN4O5/c1-33(2,3)43-31(39)35-19-20-37-29-25(34)15-10-16-26(29)38(32(37)40)27-17-18-28(41-21-23-11-6-4-7-12-23)36-30(27)42-22-24-13-8-5-9-14-24/h4-18H,19-22H2,1-3H3,(H,35,39). The van der Waals surface area contributed by atoms with Gasteiger partial charge >= 0.3 is 11.8 Å². The van der Waals surface area contributed by atoms with Gasteiger partial charge in [0.2, 0.25) is 11.8 Å². The van der Waals surface area contributed by atoms with Gasteiger partial charge in [-0.1, -0.05) is 66.7 Å². The smallest absolute Gasteiger partial charge is 0.407 e. The van der Waals surface area contributed by atoms with Crippen molar-refractivity contribution in [1.82, 2.24) is 19.4 Å². The van der Waals surface area contributed by atoms with Crippen molar-refractivity contribution in [2.75, 3.05) is 6.54 Å². The summed E-state index contributed by atoms with van der Waals surface area (Å²) in [5.74, 6) is 0.623. The normalized spacial score (nSPS) is 11.3. The maximum atomic E-state index is 14.0. The average Bonchev–Trinajstić information content (AvgIpc) is 3.27. The number of benzene rings is 3. The molecule has 5 rings (SSSR count). The van der Waals surface area contributed by atoms with Crippen LogP contribution in [0.2, 0.25) is 0 Å². The Morgan fingerprint density at radius 3 is 2.16 bits per heavy atom. The fourth-order valence-electron chi connectivity index (χ4n) is 4.53. The number of fused-ring (bicyclic) bond motifs is 1. The number of aromatic nitrogens is 3. The first-order valence-corrected chi connectivity index (χ1v) is 14.7. The molecule has 0 radical (unpaired) electrons. The van der Waals surface area contributed by atoms with Crippen LogP contribution in [-0.4, -0.2) is 32.4 Å². The molecular formula is C33H33BrN4O5. The summed E-state index contributed by atoms with van der Waals surface area (Å²) in [6.07, 6.45) is -0.546. The number of carbonyl (C=O) groups excluding carboxylic acids is 1. The van der Waals surface area contributed by atoms with Crippen LogP contribution in [0.15, 0.2) is 100 Å². The fraction of sp³-hybridized carbons (Fsp3) is 0.242. The van der Waals surface area contributed by atoms with Gasteiger partial charge in [0.05, 0.1) is 11.0 Å². The lowest BCUT2D eigenvalue weighted by atomic mass is 10.2. The van der Waals surface area contributed by atoms with E-state index < -0.39 is 11.7 Å². The van der Waals surface area contributed by atoms with Crippen molar-refractivity contribution in [2.24, 2.45) is 0 Å². The van der Waals surface area contributed by atoms with E-state index in [9.17, 15) is 9.59 Å². The number of hydrogen-bond acceptors (Lipinski definition) is 6. The number of para-hydroxylation sites is 1. The molecule has 10 heteroatoms.